The average molecular weight is 592 g/mol. The van der Waals surface area contributed by atoms with E-state index in [0.717, 1.165) is 51.5 Å². The van der Waals surface area contributed by atoms with Gasteiger partial charge in [0.1, 0.15) is 29.8 Å². The molecule has 0 spiro atoms. The van der Waals surface area contributed by atoms with Crippen LogP contribution in [0.15, 0.2) is 74.7 Å². The van der Waals surface area contributed by atoms with E-state index in [1.54, 1.807) is 6.92 Å². The Labute approximate surface area is 236 Å². The zero-order valence-electron chi connectivity index (χ0n) is 22.5. The first-order valence-corrected chi connectivity index (χ1v) is 13.7. The topological polar surface area (TPSA) is 90.0 Å². The summed E-state index contributed by atoms with van der Waals surface area (Å²) in [5.74, 6) is 2.42. The molecule has 0 radical (unpaired) electrons. The molecule has 202 valence electrons. The Morgan fingerprint density at radius 1 is 1.13 bits per heavy atom. The molecule has 3 aromatic carbocycles. The summed E-state index contributed by atoms with van der Waals surface area (Å²) in [6.07, 6.45) is 1.17. The van der Waals surface area contributed by atoms with E-state index in [-0.39, 0.29) is 6.04 Å². The molecule has 1 aliphatic heterocycles. The van der Waals surface area contributed by atoms with Crippen molar-refractivity contribution in [3.8, 4) is 17.1 Å². The van der Waals surface area contributed by atoms with Crippen molar-refractivity contribution in [3.63, 3.8) is 0 Å². The second kappa shape index (κ2) is 11.2. The minimum Gasteiger partial charge on any atom is -0.489 e. The molecule has 39 heavy (non-hydrogen) atoms. The highest BCUT2D eigenvalue weighted by Gasteiger charge is 2.32. The molecule has 9 heteroatoms. The Bertz CT molecular complexity index is 1520. The summed E-state index contributed by atoms with van der Waals surface area (Å²) in [5, 5.41) is 6.37. The van der Waals surface area contributed by atoms with Gasteiger partial charge < -0.3 is 18.9 Å². The van der Waals surface area contributed by atoms with E-state index < -0.39 is 11.7 Å². The largest absolute Gasteiger partial charge is 0.489 e. The SMILES string of the molecule is C/C(=N\C(=O)OC(C)(C)C)N1CCC[C@H]1c1nc(-c2ccc3cc(OCc4cccc(Br)c4)ccc3c2)no1. The van der Waals surface area contributed by atoms with Gasteiger partial charge in [0.05, 0.1) is 0 Å². The molecule has 8 nitrogen and oxygen atoms in total. The number of fused-ring (bicyclic) bond motifs is 1. The second-order valence-electron chi connectivity index (χ2n) is 10.6. The molecule has 0 unspecified atom stereocenters. The monoisotopic (exact) mass is 590 g/mol. The van der Waals surface area contributed by atoms with E-state index in [4.69, 9.17) is 19.0 Å². The molecule has 4 aromatic rings. The molecule has 5 rings (SSSR count). The van der Waals surface area contributed by atoms with Gasteiger partial charge in [0.15, 0.2) is 0 Å². The number of hydrogen-bond acceptors (Lipinski definition) is 6. The summed E-state index contributed by atoms with van der Waals surface area (Å²) in [6, 6.07) is 20.0. The summed E-state index contributed by atoms with van der Waals surface area (Å²) < 4.78 is 18.1. The zero-order chi connectivity index (χ0) is 27.6. The number of nitrogens with zero attached hydrogens (tertiary/aromatic N) is 4. The lowest BCUT2D eigenvalue weighted by molar-refractivity contribution is 0.0601. The molecule has 1 amide bonds. The quantitative estimate of drug-likeness (QED) is 0.173. The van der Waals surface area contributed by atoms with Crippen LogP contribution in [-0.4, -0.2) is 39.1 Å². The van der Waals surface area contributed by atoms with Crippen molar-refractivity contribution in [2.75, 3.05) is 6.54 Å². The van der Waals surface area contributed by atoms with Crippen LogP contribution in [-0.2, 0) is 11.3 Å². The van der Waals surface area contributed by atoms with Crippen LogP contribution < -0.4 is 4.74 Å². The van der Waals surface area contributed by atoms with Crippen LogP contribution in [0.25, 0.3) is 22.2 Å². The van der Waals surface area contributed by atoms with E-state index in [1.807, 2.05) is 86.3 Å². The number of aromatic nitrogens is 2. The molecular weight excluding hydrogens is 560 g/mol. The van der Waals surface area contributed by atoms with Gasteiger partial charge in [0, 0.05) is 16.6 Å². The first-order chi connectivity index (χ1) is 18.6. The van der Waals surface area contributed by atoms with Gasteiger partial charge in [0.25, 0.3) is 0 Å². The molecular formula is C30H31BrN4O4. The van der Waals surface area contributed by atoms with Gasteiger partial charge >= 0.3 is 6.09 Å². The fraction of sp³-hybridized carbons (Fsp3) is 0.333. The predicted octanol–water partition coefficient (Wildman–Crippen LogP) is 7.72. The van der Waals surface area contributed by atoms with Crippen LogP contribution >= 0.6 is 15.9 Å². The molecule has 2 heterocycles. The Hall–Kier alpha value is -3.72. The molecule has 0 N–H and O–H groups in total. The van der Waals surface area contributed by atoms with Crippen LogP contribution in [0.2, 0.25) is 0 Å². The highest BCUT2D eigenvalue weighted by atomic mass is 79.9. The third-order valence-electron chi connectivity index (χ3n) is 6.41. The summed E-state index contributed by atoms with van der Waals surface area (Å²) in [7, 11) is 0. The van der Waals surface area contributed by atoms with Crippen molar-refractivity contribution >= 4 is 38.6 Å². The Balaban J connectivity index is 1.29. The Morgan fingerprint density at radius 2 is 1.92 bits per heavy atom. The lowest BCUT2D eigenvalue weighted by Crippen LogP contribution is -2.30. The van der Waals surface area contributed by atoms with Crippen LogP contribution in [0.5, 0.6) is 5.75 Å². The minimum atomic E-state index is -0.602. The Morgan fingerprint density at radius 3 is 2.72 bits per heavy atom. The van der Waals surface area contributed by atoms with E-state index in [0.29, 0.717) is 24.2 Å². The summed E-state index contributed by atoms with van der Waals surface area (Å²) >= 11 is 3.50. The van der Waals surface area contributed by atoms with Crippen LogP contribution in [0, 0.1) is 0 Å². The molecule has 0 aliphatic carbocycles. The van der Waals surface area contributed by atoms with Crippen LogP contribution in [0.1, 0.15) is 58.0 Å². The third-order valence-corrected chi connectivity index (χ3v) is 6.90. The number of hydrogen-bond donors (Lipinski definition) is 0. The summed E-state index contributed by atoms with van der Waals surface area (Å²) in [5.41, 5.74) is 1.37. The number of halogens is 1. The summed E-state index contributed by atoms with van der Waals surface area (Å²) in [4.78, 5) is 23.1. The molecule has 1 fully saturated rings. The number of aliphatic imine (C=N–C) groups is 1. The zero-order valence-corrected chi connectivity index (χ0v) is 24.1. The fourth-order valence-electron chi connectivity index (χ4n) is 4.63. The van der Waals surface area contributed by atoms with Crippen molar-refractivity contribution in [1.82, 2.24) is 15.0 Å². The predicted molar refractivity (Wildman–Crippen MR) is 154 cm³/mol. The highest BCUT2D eigenvalue weighted by molar-refractivity contribution is 9.10. The van der Waals surface area contributed by atoms with Gasteiger partial charge in [-0.3, -0.25) is 0 Å². The molecule has 1 aliphatic rings. The maximum atomic E-state index is 12.2. The van der Waals surface area contributed by atoms with Crippen molar-refractivity contribution in [2.24, 2.45) is 4.99 Å². The van der Waals surface area contributed by atoms with Gasteiger partial charge in [-0.25, -0.2) is 4.79 Å². The fourth-order valence-corrected chi connectivity index (χ4v) is 5.07. The number of benzene rings is 3. The third kappa shape index (κ3) is 6.65. The van der Waals surface area contributed by atoms with Crippen molar-refractivity contribution in [3.05, 3.63) is 76.6 Å². The number of amidine groups is 1. The maximum Gasteiger partial charge on any atom is 0.435 e. The van der Waals surface area contributed by atoms with Gasteiger partial charge in [-0.2, -0.15) is 9.98 Å². The number of carbonyl (C=O) groups excluding carboxylic acids is 1. The van der Waals surface area contributed by atoms with Crippen LogP contribution in [0.3, 0.4) is 0 Å². The standard InChI is InChI=1S/C30H31BrN4O4/c1-19(32-29(36)38-30(2,3)4)35-14-6-9-26(35)28-33-27(34-39-28)23-11-10-22-17-25(13-12-21(22)16-23)37-18-20-7-5-8-24(31)15-20/h5,7-8,10-13,15-17,26H,6,9,14,18H2,1-4H3/b32-19+/t26-/m0/s1. The van der Waals surface area contributed by atoms with Gasteiger partial charge in [-0.15, -0.1) is 0 Å². The van der Waals surface area contributed by atoms with Crippen LogP contribution in [0.4, 0.5) is 4.79 Å². The lowest BCUT2D eigenvalue weighted by atomic mass is 10.1. The minimum absolute atomic E-state index is 0.136. The lowest BCUT2D eigenvalue weighted by Gasteiger charge is -2.24. The second-order valence-corrected chi connectivity index (χ2v) is 11.5. The van der Waals surface area contributed by atoms with E-state index in [1.165, 1.54) is 0 Å². The smallest absolute Gasteiger partial charge is 0.435 e. The maximum absolute atomic E-state index is 12.2. The van der Waals surface area contributed by atoms with Crippen molar-refractivity contribution in [1.29, 1.82) is 0 Å². The van der Waals surface area contributed by atoms with Gasteiger partial charge in [-0.1, -0.05) is 51.4 Å². The first-order valence-electron chi connectivity index (χ1n) is 12.9. The molecule has 1 aromatic heterocycles. The van der Waals surface area contributed by atoms with Gasteiger partial charge in [-0.05, 0) is 87.2 Å². The number of rotatable bonds is 5. The molecule has 0 saturated carbocycles. The summed E-state index contributed by atoms with van der Waals surface area (Å²) in [6.45, 7) is 8.51. The van der Waals surface area contributed by atoms with E-state index >= 15 is 0 Å². The number of amides is 1. The van der Waals surface area contributed by atoms with E-state index in [9.17, 15) is 4.79 Å². The molecule has 1 saturated heterocycles. The Kier molecular flexibility index (Phi) is 7.70. The molecule has 0 bridgehead atoms. The first kappa shape index (κ1) is 26.9. The highest BCUT2D eigenvalue weighted by Crippen LogP contribution is 2.33. The van der Waals surface area contributed by atoms with Gasteiger partial charge in [0.2, 0.25) is 11.7 Å². The average Bonchev–Trinajstić information content (AvgIpc) is 3.56. The normalized spacial score (nSPS) is 16.1. The van der Waals surface area contributed by atoms with Crippen molar-refractivity contribution < 1.29 is 18.8 Å². The number of ether oxygens (including phenoxy) is 2. The number of carbonyl (C=O) groups is 1. The molecule has 1 atom stereocenters. The van der Waals surface area contributed by atoms with Crippen molar-refractivity contribution in [2.45, 2.75) is 58.8 Å². The number of likely N-dealkylation sites (tertiary alicyclic amines) is 1. The van der Waals surface area contributed by atoms with E-state index in [2.05, 4.69) is 26.1 Å².